The minimum Gasteiger partial charge on any atom is -0.300 e. The maximum absolute atomic E-state index is 4.67. The highest BCUT2D eigenvalue weighted by Crippen LogP contribution is 2.46. The highest BCUT2D eigenvalue weighted by molar-refractivity contribution is 5.81. The molecule has 2 aromatic rings. The molecule has 1 atom stereocenters. The fourth-order valence-corrected chi connectivity index (χ4v) is 2.93. The minimum absolute atomic E-state index is 0.216. The summed E-state index contributed by atoms with van der Waals surface area (Å²) in [6.45, 7) is 17.1. The number of imidazole rings is 1. The molecule has 1 heterocycles. The Hall–Kier alpha value is -1.57. The third kappa shape index (κ3) is 3.11. The summed E-state index contributed by atoms with van der Waals surface area (Å²) in [5, 5.41) is 0. The van der Waals surface area contributed by atoms with E-state index in [2.05, 4.69) is 67.6 Å². The molecule has 1 unspecified atom stereocenters. The molecule has 2 heteroatoms. The maximum atomic E-state index is 4.67. The second-order valence-corrected chi connectivity index (χ2v) is 5.93. The van der Waals surface area contributed by atoms with Crippen LogP contribution in [-0.4, -0.2) is 9.55 Å². The van der Waals surface area contributed by atoms with Crippen LogP contribution < -0.4 is 0 Å². The molecule has 2 nitrogen and oxygen atoms in total. The Bertz CT molecular complexity index is 632. The standard InChI is InChI=1S/C16H20N2.2C2H6/c1-11-9-10-15(16(11,3)4)18-12(2)17-13-7-5-6-8-14(13)18;2*1-2/h5-8,10-11H,9H2,1-4H3;2*1-2H3. The first kappa shape index (κ1) is 18.5. The predicted molar refractivity (Wildman–Crippen MR) is 99.0 cm³/mol. The maximum Gasteiger partial charge on any atom is 0.111 e. The first-order valence-electron chi connectivity index (χ1n) is 8.67. The number of hydrogen-bond donors (Lipinski definition) is 0. The number of fused-ring (bicyclic) bond motifs is 1. The number of aryl methyl sites for hydroxylation is 1. The van der Waals surface area contributed by atoms with Gasteiger partial charge in [-0.2, -0.15) is 0 Å². The predicted octanol–water partition coefficient (Wildman–Crippen LogP) is 6.30. The molecule has 1 aliphatic rings. The average Bonchev–Trinajstić information content (AvgIpc) is 3.00. The highest BCUT2D eigenvalue weighted by Gasteiger charge is 2.36. The van der Waals surface area contributed by atoms with Gasteiger partial charge in [-0.1, -0.05) is 66.7 Å². The molecule has 0 amide bonds. The van der Waals surface area contributed by atoms with Crippen molar-refractivity contribution in [1.82, 2.24) is 9.55 Å². The largest absolute Gasteiger partial charge is 0.300 e. The van der Waals surface area contributed by atoms with Gasteiger partial charge in [0, 0.05) is 11.1 Å². The van der Waals surface area contributed by atoms with Crippen LogP contribution in [0.2, 0.25) is 0 Å². The Morgan fingerprint density at radius 3 is 2.23 bits per heavy atom. The quantitative estimate of drug-likeness (QED) is 0.604. The molecule has 0 saturated carbocycles. The first-order chi connectivity index (χ1) is 10.5. The molecule has 1 aliphatic carbocycles. The van der Waals surface area contributed by atoms with E-state index in [0.29, 0.717) is 5.92 Å². The van der Waals surface area contributed by atoms with Crippen molar-refractivity contribution in [3.63, 3.8) is 0 Å². The Morgan fingerprint density at radius 2 is 1.68 bits per heavy atom. The Kier molecular flexibility index (Phi) is 6.40. The summed E-state index contributed by atoms with van der Waals surface area (Å²) in [6.07, 6.45) is 3.54. The van der Waals surface area contributed by atoms with Crippen molar-refractivity contribution in [3.8, 4) is 0 Å². The van der Waals surface area contributed by atoms with E-state index >= 15 is 0 Å². The monoisotopic (exact) mass is 300 g/mol. The SMILES string of the molecule is CC.CC.Cc1nc2ccccc2n1C1=CCC(C)C1(C)C. The van der Waals surface area contributed by atoms with Crippen LogP contribution >= 0.6 is 0 Å². The highest BCUT2D eigenvalue weighted by atomic mass is 15.1. The van der Waals surface area contributed by atoms with Gasteiger partial charge in [-0.3, -0.25) is 0 Å². The van der Waals surface area contributed by atoms with Crippen molar-refractivity contribution in [2.24, 2.45) is 11.3 Å². The molecule has 22 heavy (non-hydrogen) atoms. The molecular weight excluding hydrogens is 268 g/mol. The fourth-order valence-electron chi connectivity index (χ4n) is 2.93. The third-order valence-electron chi connectivity index (χ3n) is 4.53. The molecule has 0 N–H and O–H groups in total. The minimum atomic E-state index is 0.216. The lowest BCUT2D eigenvalue weighted by Crippen LogP contribution is -2.21. The Morgan fingerprint density at radius 1 is 1.09 bits per heavy atom. The van der Waals surface area contributed by atoms with Gasteiger partial charge in [0.25, 0.3) is 0 Å². The summed E-state index contributed by atoms with van der Waals surface area (Å²) in [6, 6.07) is 8.39. The van der Waals surface area contributed by atoms with Gasteiger partial charge in [-0.05, 0) is 31.4 Å². The lowest BCUT2D eigenvalue weighted by Gasteiger charge is -2.29. The summed E-state index contributed by atoms with van der Waals surface area (Å²) >= 11 is 0. The normalized spacial score (nSPS) is 18.9. The first-order valence-corrected chi connectivity index (χ1v) is 8.67. The van der Waals surface area contributed by atoms with Crippen LogP contribution in [-0.2, 0) is 0 Å². The van der Waals surface area contributed by atoms with Gasteiger partial charge in [-0.15, -0.1) is 0 Å². The zero-order chi connectivity index (χ0) is 16.9. The lowest BCUT2D eigenvalue weighted by atomic mass is 9.81. The van der Waals surface area contributed by atoms with Crippen LogP contribution in [0.5, 0.6) is 0 Å². The van der Waals surface area contributed by atoms with E-state index in [9.17, 15) is 0 Å². The molecule has 0 aliphatic heterocycles. The van der Waals surface area contributed by atoms with E-state index in [4.69, 9.17) is 0 Å². The van der Waals surface area contributed by atoms with Crippen molar-refractivity contribution in [1.29, 1.82) is 0 Å². The second kappa shape index (κ2) is 7.62. The molecule has 3 rings (SSSR count). The zero-order valence-corrected chi connectivity index (χ0v) is 15.6. The van der Waals surface area contributed by atoms with Crippen molar-refractivity contribution in [3.05, 3.63) is 36.2 Å². The smallest absolute Gasteiger partial charge is 0.111 e. The zero-order valence-electron chi connectivity index (χ0n) is 15.6. The number of hydrogen-bond acceptors (Lipinski definition) is 1. The third-order valence-corrected chi connectivity index (χ3v) is 4.53. The van der Waals surface area contributed by atoms with E-state index in [0.717, 1.165) is 17.8 Å². The topological polar surface area (TPSA) is 17.8 Å². The van der Waals surface area contributed by atoms with Gasteiger partial charge >= 0.3 is 0 Å². The van der Waals surface area contributed by atoms with Gasteiger partial charge < -0.3 is 4.57 Å². The van der Waals surface area contributed by atoms with Crippen LogP contribution in [0.4, 0.5) is 0 Å². The van der Waals surface area contributed by atoms with Crippen LogP contribution in [0.3, 0.4) is 0 Å². The Balaban J connectivity index is 0.000000561. The summed E-state index contributed by atoms with van der Waals surface area (Å²) in [7, 11) is 0. The number of allylic oxidation sites excluding steroid dienone is 2. The summed E-state index contributed by atoms with van der Waals surface area (Å²) < 4.78 is 2.33. The average molecular weight is 300 g/mol. The van der Waals surface area contributed by atoms with Crippen molar-refractivity contribution < 1.29 is 0 Å². The number of nitrogens with zero attached hydrogens (tertiary/aromatic N) is 2. The number of para-hydroxylation sites is 2. The number of rotatable bonds is 1. The number of aromatic nitrogens is 2. The summed E-state index contributed by atoms with van der Waals surface area (Å²) in [4.78, 5) is 4.67. The lowest BCUT2D eigenvalue weighted by molar-refractivity contribution is 0.338. The molecule has 0 spiro atoms. The molecule has 1 aromatic heterocycles. The van der Waals surface area contributed by atoms with Crippen molar-refractivity contribution in [2.45, 2.75) is 61.8 Å². The number of benzene rings is 1. The van der Waals surface area contributed by atoms with E-state index in [1.807, 2.05) is 27.7 Å². The molecule has 1 aromatic carbocycles. The van der Waals surface area contributed by atoms with Crippen LogP contribution in [0, 0.1) is 18.3 Å². The van der Waals surface area contributed by atoms with Crippen LogP contribution in [0.15, 0.2) is 30.3 Å². The van der Waals surface area contributed by atoms with Crippen molar-refractivity contribution in [2.75, 3.05) is 0 Å². The second-order valence-electron chi connectivity index (χ2n) is 5.93. The summed E-state index contributed by atoms with van der Waals surface area (Å²) in [5.41, 5.74) is 3.93. The van der Waals surface area contributed by atoms with E-state index < -0.39 is 0 Å². The van der Waals surface area contributed by atoms with Gasteiger partial charge in [-0.25, -0.2) is 4.98 Å². The molecule has 0 saturated heterocycles. The Labute approximate surface area is 136 Å². The van der Waals surface area contributed by atoms with Gasteiger partial charge in [0.1, 0.15) is 5.82 Å². The molecular formula is C20H32N2. The van der Waals surface area contributed by atoms with Crippen molar-refractivity contribution >= 4 is 16.7 Å². The van der Waals surface area contributed by atoms with E-state index in [-0.39, 0.29) is 5.41 Å². The van der Waals surface area contributed by atoms with Gasteiger partial charge in [0.2, 0.25) is 0 Å². The molecule has 0 radical (unpaired) electrons. The van der Waals surface area contributed by atoms with Crippen LogP contribution in [0.25, 0.3) is 16.7 Å². The van der Waals surface area contributed by atoms with E-state index in [1.54, 1.807) is 0 Å². The van der Waals surface area contributed by atoms with Gasteiger partial charge in [0.05, 0.1) is 11.0 Å². The van der Waals surface area contributed by atoms with Crippen LogP contribution in [0.1, 0.15) is 60.7 Å². The fraction of sp³-hybridized carbons (Fsp3) is 0.550. The van der Waals surface area contributed by atoms with E-state index in [1.165, 1.54) is 11.2 Å². The molecule has 0 fully saturated rings. The van der Waals surface area contributed by atoms with Gasteiger partial charge in [0.15, 0.2) is 0 Å². The molecule has 122 valence electrons. The summed E-state index contributed by atoms with van der Waals surface area (Å²) in [5.74, 6) is 1.78. The molecule has 0 bridgehead atoms.